The average molecular weight is 385 g/mol. The predicted octanol–water partition coefficient (Wildman–Crippen LogP) is 4.52. The monoisotopic (exact) mass is 384 g/mol. The Morgan fingerprint density at radius 1 is 1.00 bits per heavy atom. The van der Waals surface area contributed by atoms with Gasteiger partial charge in [0.25, 0.3) is 0 Å². The highest BCUT2D eigenvalue weighted by molar-refractivity contribution is 6.34. The first kappa shape index (κ1) is 19.1. The van der Waals surface area contributed by atoms with Gasteiger partial charge in [-0.2, -0.15) is 0 Å². The van der Waals surface area contributed by atoms with E-state index in [2.05, 4.69) is 10.6 Å². The van der Waals surface area contributed by atoms with E-state index in [-0.39, 0.29) is 17.6 Å². The number of aryl methyl sites for hydroxylation is 2. The van der Waals surface area contributed by atoms with Crippen molar-refractivity contribution in [1.29, 1.82) is 0 Å². The molecule has 1 aliphatic rings. The minimum atomic E-state index is -1.10. The maximum absolute atomic E-state index is 12.8. The highest BCUT2D eigenvalue weighted by atomic mass is 35.5. The maximum Gasteiger partial charge on any atom is 0.240 e. The summed E-state index contributed by atoms with van der Waals surface area (Å²) in [5.74, 6) is -0.826. The van der Waals surface area contributed by atoms with E-state index < -0.39 is 5.41 Å². The van der Waals surface area contributed by atoms with Crippen molar-refractivity contribution >= 4 is 40.6 Å². The van der Waals surface area contributed by atoms with Crippen molar-refractivity contribution in [3.8, 4) is 0 Å². The Bertz CT molecular complexity index is 925. The fraction of sp³-hybridized carbons (Fsp3) is 0.286. The molecule has 2 aromatic carbocycles. The summed E-state index contributed by atoms with van der Waals surface area (Å²) >= 11 is 6.26. The Kier molecular flexibility index (Phi) is 5.07. The molecular weight excluding hydrogens is 364 g/mol. The Morgan fingerprint density at radius 2 is 1.67 bits per heavy atom. The van der Waals surface area contributed by atoms with E-state index in [1.54, 1.807) is 30.3 Å². The van der Waals surface area contributed by atoms with E-state index in [0.29, 0.717) is 34.8 Å². The van der Waals surface area contributed by atoms with Gasteiger partial charge in [-0.1, -0.05) is 29.8 Å². The van der Waals surface area contributed by atoms with E-state index in [4.69, 9.17) is 11.6 Å². The number of hydrogen-bond donors (Lipinski definition) is 2. The average Bonchev–Trinajstić information content (AvgIpc) is 3.40. The van der Waals surface area contributed by atoms with E-state index in [9.17, 15) is 14.4 Å². The molecule has 140 valence electrons. The van der Waals surface area contributed by atoms with Crippen LogP contribution in [0.3, 0.4) is 0 Å². The predicted molar refractivity (Wildman–Crippen MR) is 106 cm³/mol. The molecule has 0 spiro atoms. The molecule has 0 bridgehead atoms. The number of carbonyl (C=O) groups is 3. The molecule has 5 nitrogen and oxygen atoms in total. The lowest BCUT2D eigenvalue weighted by Crippen LogP contribution is -2.36. The van der Waals surface area contributed by atoms with Crippen LogP contribution < -0.4 is 10.6 Å². The molecule has 1 fully saturated rings. The Labute approximate surface area is 163 Å². The molecule has 3 rings (SSSR count). The van der Waals surface area contributed by atoms with Crippen LogP contribution in [0.15, 0.2) is 36.4 Å². The second-order valence-electron chi connectivity index (χ2n) is 7.07. The lowest BCUT2D eigenvalue weighted by Gasteiger charge is -2.18. The van der Waals surface area contributed by atoms with Crippen LogP contribution in [0.4, 0.5) is 11.4 Å². The van der Waals surface area contributed by atoms with Gasteiger partial charge in [-0.05, 0) is 62.9 Å². The molecule has 27 heavy (non-hydrogen) atoms. The Hall–Kier alpha value is -2.66. The molecule has 2 aromatic rings. The van der Waals surface area contributed by atoms with Crippen LogP contribution in [0.25, 0.3) is 0 Å². The van der Waals surface area contributed by atoms with Gasteiger partial charge < -0.3 is 10.6 Å². The molecule has 0 aromatic heterocycles. The van der Waals surface area contributed by atoms with Crippen molar-refractivity contribution in [3.63, 3.8) is 0 Å². The maximum atomic E-state index is 12.8. The first-order chi connectivity index (χ1) is 12.7. The van der Waals surface area contributed by atoms with Crippen molar-refractivity contribution in [3.05, 3.63) is 58.1 Å². The number of ketones is 1. The molecule has 2 N–H and O–H groups in total. The number of hydrogen-bond acceptors (Lipinski definition) is 3. The number of Topliss-reactive ketones (excluding diaryl/α,β-unsaturated/α-hetero) is 1. The first-order valence-electron chi connectivity index (χ1n) is 8.73. The summed E-state index contributed by atoms with van der Waals surface area (Å²) in [6, 6.07) is 10.4. The van der Waals surface area contributed by atoms with Crippen molar-refractivity contribution in [2.45, 2.75) is 33.6 Å². The first-order valence-corrected chi connectivity index (χ1v) is 9.11. The van der Waals surface area contributed by atoms with Crippen LogP contribution in [0.1, 0.15) is 41.3 Å². The highest BCUT2D eigenvalue weighted by Crippen LogP contribution is 2.48. The van der Waals surface area contributed by atoms with Crippen molar-refractivity contribution in [2.24, 2.45) is 5.41 Å². The fourth-order valence-electron chi connectivity index (χ4n) is 3.06. The van der Waals surface area contributed by atoms with E-state index in [1.165, 1.54) is 6.92 Å². The molecule has 1 saturated carbocycles. The standard InChI is InChI=1S/C21H21ClN2O3/c1-12-9-13(2)18(17(22)10-12)24-20(27)21(7-8-21)19(26)23-16-6-4-5-15(11-16)14(3)25/h4-6,9-11H,7-8H2,1-3H3,(H,23,26)(H,24,27). The second kappa shape index (κ2) is 7.16. The number of rotatable bonds is 5. The van der Waals surface area contributed by atoms with E-state index in [0.717, 1.165) is 11.1 Å². The zero-order valence-corrected chi connectivity index (χ0v) is 16.2. The number of nitrogens with one attached hydrogen (secondary N) is 2. The van der Waals surface area contributed by atoms with Gasteiger partial charge in [-0.25, -0.2) is 0 Å². The number of amides is 2. The summed E-state index contributed by atoms with van der Waals surface area (Å²) in [6.07, 6.45) is 0.944. The summed E-state index contributed by atoms with van der Waals surface area (Å²) in [4.78, 5) is 37.1. The number of carbonyl (C=O) groups excluding carboxylic acids is 3. The molecule has 6 heteroatoms. The molecule has 0 radical (unpaired) electrons. The highest BCUT2D eigenvalue weighted by Gasteiger charge is 2.56. The molecular formula is C21H21ClN2O3. The van der Waals surface area contributed by atoms with Crippen LogP contribution in [0.2, 0.25) is 5.02 Å². The van der Waals surface area contributed by atoms with Crippen molar-refractivity contribution < 1.29 is 14.4 Å². The van der Waals surface area contributed by atoms with Crippen molar-refractivity contribution in [1.82, 2.24) is 0 Å². The Balaban J connectivity index is 1.77. The van der Waals surface area contributed by atoms with Gasteiger partial charge in [-0.15, -0.1) is 0 Å². The number of halogens is 1. The minimum absolute atomic E-state index is 0.0885. The summed E-state index contributed by atoms with van der Waals surface area (Å²) in [6.45, 7) is 5.25. The molecule has 2 amide bonds. The van der Waals surface area contributed by atoms with Crippen LogP contribution in [-0.2, 0) is 9.59 Å². The van der Waals surface area contributed by atoms with Gasteiger partial charge in [0.05, 0.1) is 10.7 Å². The summed E-state index contributed by atoms with van der Waals surface area (Å²) in [5.41, 5.74) is 2.27. The van der Waals surface area contributed by atoms with Crippen LogP contribution in [0, 0.1) is 19.3 Å². The normalized spacial score (nSPS) is 14.4. The van der Waals surface area contributed by atoms with Gasteiger partial charge in [0.2, 0.25) is 11.8 Å². The summed E-state index contributed by atoms with van der Waals surface area (Å²) in [5, 5.41) is 6.03. The van der Waals surface area contributed by atoms with E-state index >= 15 is 0 Å². The molecule has 1 aliphatic carbocycles. The summed E-state index contributed by atoms with van der Waals surface area (Å²) < 4.78 is 0. The SMILES string of the molecule is CC(=O)c1cccc(NC(=O)C2(C(=O)Nc3c(C)cc(C)cc3Cl)CC2)c1. The molecule has 0 saturated heterocycles. The van der Waals surface area contributed by atoms with Gasteiger partial charge in [0.15, 0.2) is 5.78 Å². The van der Waals surface area contributed by atoms with Crippen LogP contribution >= 0.6 is 11.6 Å². The van der Waals surface area contributed by atoms with Crippen LogP contribution in [0.5, 0.6) is 0 Å². The number of benzene rings is 2. The summed E-state index contributed by atoms with van der Waals surface area (Å²) in [7, 11) is 0. The van der Waals surface area contributed by atoms with Gasteiger partial charge in [0.1, 0.15) is 5.41 Å². The topological polar surface area (TPSA) is 75.3 Å². The zero-order chi connectivity index (χ0) is 19.8. The van der Waals surface area contributed by atoms with Gasteiger partial charge >= 0.3 is 0 Å². The van der Waals surface area contributed by atoms with E-state index in [1.807, 2.05) is 19.9 Å². The minimum Gasteiger partial charge on any atom is -0.325 e. The lowest BCUT2D eigenvalue weighted by atomic mass is 10.0. The van der Waals surface area contributed by atoms with Gasteiger partial charge in [-0.3, -0.25) is 14.4 Å². The third-order valence-corrected chi connectivity index (χ3v) is 5.11. The molecule has 0 atom stereocenters. The second-order valence-corrected chi connectivity index (χ2v) is 7.47. The molecule has 0 heterocycles. The molecule has 0 unspecified atom stereocenters. The molecule has 0 aliphatic heterocycles. The number of anilines is 2. The van der Waals surface area contributed by atoms with Crippen molar-refractivity contribution in [2.75, 3.05) is 10.6 Å². The smallest absolute Gasteiger partial charge is 0.240 e. The van der Waals surface area contributed by atoms with Gasteiger partial charge in [0, 0.05) is 11.3 Å². The zero-order valence-electron chi connectivity index (χ0n) is 15.5. The quantitative estimate of drug-likeness (QED) is 0.588. The van der Waals surface area contributed by atoms with Crippen LogP contribution in [-0.4, -0.2) is 17.6 Å². The third kappa shape index (κ3) is 3.88. The largest absolute Gasteiger partial charge is 0.325 e. The Morgan fingerprint density at radius 3 is 2.26 bits per heavy atom. The third-order valence-electron chi connectivity index (χ3n) is 4.82. The lowest BCUT2D eigenvalue weighted by molar-refractivity contribution is -0.131. The fourth-order valence-corrected chi connectivity index (χ4v) is 3.42.